The van der Waals surface area contributed by atoms with Crippen LogP contribution in [-0.2, 0) is 4.79 Å². The number of carbonyl (C=O) groups is 1. The maximum absolute atomic E-state index is 12.3. The lowest BCUT2D eigenvalue weighted by Gasteiger charge is -2.29. The summed E-state index contributed by atoms with van der Waals surface area (Å²) in [5, 5.41) is 7.35. The van der Waals surface area contributed by atoms with E-state index in [1.54, 1.807) is 13.3 Å². The minimum absolute atomic E-state index is 0.0965. The molecule has 1 amide bonds. The topological polar surface area (TPSA) is 71.4 Å². The minimum atomic E-state index is -0.260. The lowest BCUT2D eigenvalue weighted by atomic mass is 10.0. The molecule has 0 radical (unpaired) electrons. The van der Waals surface area contributed by atoms with Crippen LogP contribution in [-0.4, -0.2) is 27.7 Å². The highest BCUT2D eigenvalue weighted by Crippen LogP contribution is 2.44. The molecular formula is C29H28ClN5O2S. The first-order valence-electron chi connectivity index (χ1n) is 12.3. The van der Waals surface area contributed by atoms with Crippen molar-refractivity contribution in [3.05, 3.63) is 102 Å². The van der Waals surface area contributed by atoms with Gasteiger partial charge in [-0.1, -0.05) is 43.6 Å². The van der Waals surface area contributed by atoms with E-state index in [1.165, 1.54) is 0 Å². The number of rotatable bonds is 7. The molecule has 5 rings (SSSR count). The van der Waals surface area contributed by atoms with Crippen LogP contribution in [0.3, 0.4) is 0 Å². The van der Waals surface area contributed by atoms with Crippen molar-refractivity contribution in [2.75, 3.05) is 17.3 Å². The molecular weight excluding hydrogens is 518 g/mol. The number of hydrogen-bond acceptors (Lipinski definition) is 4. The van der Waals surface area contributed by atoms with E-state index in [0.717, 1.165) is 28.5 Å². The number of thiocarbonyl (C=S) groups is 1. The molecule has 2 atom stereocenters. The molecule has 0 spiro atoms. The zero-order valence-electron chi connectivity index (χ0n) is 21.3. The number of halogens is 1. The standard InChI is InChI=1S/C29H28ClN5O2S/c1-18(2)28(36)32-21-14-13-19(17-20(21)30)35-27(26(33-29(35)38)22-9-6-7-15-31-22)24-11-8-16-34(24)23-10-4-5-12-25(23)37-3/h4-18,26-27H,1-3H3,(H,32,36)(H,33,38). The highest BCUT2D eigenvalue weighted by molar-refractivity contribution is 7.80. The fourth-order valence-corrected chi connectivity index (χ4v) is 5.22. The third-order valence-corrected chi connectivity index (χ3v) is 7.17. The van der Waals surface area contributed by atoms with E-state index in [4.69, 9.17) is 28.6 Å². The normalized spacial score (nSPS) is 17.0. The van der Waals surface area contributed by atoms with Gasteiger partial charge in [0.25, 0.3) is 0 Å². The third-order valence-electron chi connectivity index (χ3n) is 6.54. The lowest BCUT2D eigenvalue weighted by molar-refractivity contribution is -0.118. The molecule has 194 valence electrons. The number of carbonyl (C=O) groups excluding carboxylic acids is 1. The van der Waals surface area contributed by atoms with Crippen molar-refractivity contribution < 1.29 is 9.53 Å². The number of nitrogens with zero attached hydrogens (tertiary/aromatic N) is 3. The molecule has 0 aliphatic carbocycles. The third kappa shape index (κ3) is 4.85. The predicted molar refractivity (Wildman–Crippen MR) is 155 cm³/mol. The quantitative estimate of drug-likeness (QED) is 0.265. The Balaban J connectivity index is 1.62. The van der Waals surface area contributed by atoms with E-state index in [-0.39, 0.29) is 23.9 Å². The highest BCUT2D eigenvalue weighted by atomic mass is 35.5. The van der Waals surface area contributed by atoms with Gasteiger partial charge >= 0.3 is 0 Å². The van der Waals surface area contributed by atoms with Gasteiger partial charge in [0.1, 0.15) is 11.8 Å². The molecule has 38 heavy (non-hydrogen) atoms. The van der Waals surface area contributed by atoms with Gasteiger partial charge in [0.2, 0.25) is 5.91 Å². The molecule has 7 nitrogen and oxygen atoms in total. The number of benzene rings is 2. The Labute approximate surface area is 232 Å². The molecule has 2 aromatic carbocycles. The number of aromatic nitrogens is 2. The van der Waals surface area contributed by atoms with E-state index in [9.17, 15) is 4.79 Å². The van der Waals surface area contributed by atoms with Gasteiger partial charge in [0, 0.05) is 29.7 Å². The van der Waals surface area contributed by atoms with E-state index in [1.807, 2.05) is 86.8 Å². The second-order valence-corrected chi connectivity index (χ2v) is 10.1. The molecule has 3 heterocycles. The van der Waals surface area contributed by atoms with Gasteiger partial charge < -0.3 is 24.8 Å². The Morgan fingerprint density at radius 1 is 1.11 bits per heavy atom. The largest absolute Gasteiger partial charge is 0.495 e. The molecule has 1 aliphatic heterocycles. The van der Waals surface area contributed by atoms with Gasteiger partial charge in [-0.3, -0.25) is 9.78 Å². The van der Waals surface area contributed by atoms with Crippen LogP contribution in [0.25, 0.3) is 5.69 Å². The van der Waals surface area contributed by atoms with Gasteiger partial charge in [0.05, 0.1) is 35.2 Å². The predicted octanol–water partition coefficient (Wildman–Crippen LogP) is 6.31. The summed E-state index contributed by atoms with van der Waals surface area (Å²) < 4.78 is 7.78. The molecule has 0 bridgehead atoms. The molecule has 0 saturated carbocycles. The van der Waals surface area contributed by atoms with E-state index >= 15 is 0 Å². The summed E-state index contributed by atoms with van der Waals surface area (Å²) in [4.78, 5) is 19.0. The Hall–Kier alpha value is -3.88. The van der Waals surface area contributed by atoms with Crippen LogP contribution in [0.15, 0.2) is 85.2 Å². The maximum atomic E-state index is 12.3. The fourth-order valence-electron chi connectivity index (χ4n) is 4.65. The van der Waals surface area contributed by atoms with Crippen LogP contribution >= 0.6 is 23.8 Å². The van der Waals surface area contributed by atoms with Gasteiger partial charge in [0.15, 0.2) is 5.11 Å². The molecule has 1 aliphatic rings. The number of amides is 1. The summed E-state index contributed by atoms with van der Waals surface area (Å²) in [6.07, 6.45) is 3.79. The number of para-hydroxylation sites is 2. The van der Waals surface area contributed by atoms with Crippen LogP contribution in [0.4, 0.5) is 11.4 Å². The number of ether oxygens (including phenoxy) is 1. The SMILES string of the molecule is COc1ccccc1-n1cccc1C1C(c2ccccn2)NC(=S)N1c1ccc(NC(=O)C(C)C)c(Cl)c1. The van der Waals surface area contributed by atoms with Gasteiger partial charge in [-0.2, -0.15) is 0 Å². The van der Waals surface area contributed by atoms with E-state index in [2.05, 4.69) is 31.2 Å². The van der Waals surface area contributed by atoms with E-state index < -0.39 is 0 Å². The van der Waals surface area contributed by atoms with Gasteiger partial charge in [-0.05, 0) is 66.8 Å². The average molecular weight is 546 g/mol. The van der Waals surface area contributed by atoms with Gasteiger partial charge in [-0.15, -0.1) is 0 Å². The Morgan fingerprint density at radius 3 is 2.61 bits per heavy atom. The summed E-state index contributed by atoms with van der Waals surface area (Å²) in [6.45, 7) is 3.68. The van der Waals surface area contributed by atoms with Crippen molar-refractivity contribution in [2.45, 2.75) is 25.9 Å². The minimum Gasteiger partial charge on any atom is -0.495 e. The number of pyridine rings is 1. The van der Waals surface area contributed by atoms with Crippen molar-refractivity contribution in [3.63, 3.8) is 0 Å². The molecule has 1 fully saturated rings. The van der Waals surface area contributed by atoms with E-state index in [0.29, 0.717) is 15.8 Å². The summed E-state index contributed by atoms with van der Waals surface area (Å²) in [7, 11) is 1.67. The second kappa shape index (κ2) is 10.8. The zero-order chi connectivity index (χ0) is 26.8. The van der Waals surface area contributed by atoms with Crippen molar-refractivity contribution in [1.29, 1.82) is 0 Å². The first kappa shape index (κ1) is 25.8. The monoisotopic (exact) mass is 545 g/mol. The Kier molecular flexibility index (Phi) is 7.35. The number of hydrogen-bond donors (Lipinski definition) is 2. The summed E-state index contributed by atoms with van der Waals surface area (Å²) in [5.41, 5.74) is 4.12. The number of methoxy groups -OCH3 is 1. The average Bonchev–Trinajstić information content (AvgIpc) is 3.54. The zero-order valence-corrected chi connectivity index (χ0v) is 22.8. The molecule has 2 N–H and O–H groups in total. The second-order valence-electron chi connectivity index (χ2n) is 9.28. The Bertz CT molecular complexity index is 1470. The summed E-state index contributed by atoms with van der Waals surface area (Å²) in [6, 6.07) is 22.9. The van der Waals surface area contributed by atoms with Crippen molar-refractivity contribution >= 4 is 46.2 Å². The van der Waals surface area contributed by atoms with Crippen LogP contribution in [0.5, 0.6) is 5.75 Å². The first-order valence-corrected chi connectivity index (χ1v) is 13.1. The smallest absolute Gasteiger partial charge is 0.226 e. The van der Waals surface area contributed by atoms with Crippen LogP contribution in [0.2, 0.25) is 5.02 Å². The molecule has 4 aromatic rings. The van der Waals surface area contributed by atoms with Crippen LogP contribution in [0, 0.1) is 5.92 Å². The molecule has 9 heteroatoms. The molecule has 2 aromatic heterocycles. The molecule has 2 unspecified atom stereocenters. The summed E-state index contributed by atoms with van der Waals surface area (Å²) >= 11 is 12.5. The van der Waals surface area contributed by atoms with Crippen molar-refractivity contribution in [1.82, 2.24) is 14.9 Å². The van der Waals surface area contributed by atoms with Crippen LogP contribution < -0.4 is 20.3 Å². The highest BCUT2D eigenvalue weighted by Gasteiger charge is 2.42. The molecule has 1 saturated heterocycles. The number of nitrogens with one attached hydrogen (secondary N) is 2. The van der Waals surface area contributed by atoms with Crippen molar-refractivity contribution in [3.8, 4) is 11.4 Å². The Morgan fingerprint density at radius 2 is 1.89 bits per heavy atom. The summed E-state index contributed by atoms with van der Waals surface area (Å²) in [5.74, 6) is 0.501. The fraction of sp³-hybridized carbons (Fsp3) is 0.207. The lowest BCUT2D eigenvalue weighted by Crippen LogP contribution is -2.30. The van der Waals surface area contributed by atoms with Crippen LogP contribution in [0.1, 0.15) is 37.3 Å². The van der Waals surface area contributed by atoms with Crippen molar-refractivity contribution in [2.24, 2.45) is 5.92 Å². The first-order chi connectivity index (χ1) is 18.4. The maximum Gasteiger partial charge on any atom is 0.226 e. The number of anilines is 2. The van der Waals surface area contributed by atoms with Gasteiger partial charge in [-0.25, -0.2) is 0 Å².